The van der Waals surface area contributed by atoms with Crippen LogP contribution in [0.4, 0.5) is 25.1 Å². The molecule has 11 heteroatoms. The van der Waals surface area contributed by atoms with Crippen LogP contribution in [0.25, 0.3) is 0 Å². The fourth-order valence-electron chi connectivity index (χ4n) is 3.75. The van der Waals surface area contributed by atoms with Crippen molar-refractivity contribution in [2.45, 2.75) is 51.4 Å². The number of hydrogen-bond acceptors (Lipinski definition) is 7. The van der Waals surface area contributed by atoms with Gasteiger partial charge in [0, 0.05) is 25.0 Å². The van der Waals surface area contributed by atoms with Crippen LogP contribution in [0.1, 0.15) is 42.6 Å². The first-order chi connectivity index (χ1) is 15.3. The molecule has 32 heavy (non-hydrogen) atoms. The van der Waals surface area contributed by atoms with Crippen molar-refractivity contribution in [3.8, 4) is 0 Å². The fourth-order valence-corrected chi connectivity index (χ4v) is 3.75. The Labute approximate surface area is 184 Å². The van der Waals surface area contributed by atoms with Crippen LogP contribution in [-0.2, 0) is 17.5 Å². The third-order valence-corrected chi connectivity index (χ3v) is 5.35. The summed E-state index contributed by atoms with van der Waals surface area (Å²) in [6.45, 7) is 1.88. The molecule has 1 saturated carbocycles. The quantitative estimate of drug-likeness (QED) is 0.487. The summed E-state index contributed by atoms with van der Waals surface area (Å²) in [6.07, 6.45) is -1.80. The Morgan fingerprint density at radius 1 is 1.09 bits per heavy atom. The number of aryl methyl sites for hydroxylation is 1. The van der Waals surface area contributed by atoms with E-state index in [4.69, 9.17) is 5.11 Å². The summed E-state index contributed by atoms with van der Waals surface area (Å²) >= 11 is 0. The molecule has 8 nitrogen and oxygen atoms in total. The number of nitrogens with one attached hydrogen (secondary N) is 3. The zero-order chi connectivity index (χ0) is 23.1. The Kier molecular flexibility index (Phi) is 7.84. The van der Waals surface area contributed by atoms with Crippen LogP contribution in [0.15, 0.2) is 24.3 Å². The standard InChI is InChI=1S/C21H27F3N6O2/c1-13-27-19(25-10-11-31)30-20(28-13)29-16-8-6-14(7-9-16)18(32)26-12-15-4-2-3-5-17(15)21(22,23)24/h2-5,14,16,31H,6-12H2,1H3,(H,26,32)(H2,25,27,28,29,30)/t14-,16+. The van der Waals surface area contributed by atoms with Gasteiger partial charge in [0.15, 0.2) is 0 Å². The first-order valence-electron chi connectivity index (χ1n) is 10.5. The lowest BCUT2D eigenvalue weighted by atomic mass is 9.85. The second kappa shape index (κ2) is 10.6. The predicted octanol–water partition coefficient (Wildman–Crippen LogP) is 2.89. The highest BCUT2D eigenvalue weighted by Crippen LogP contribution is 2.32. The van der Waals surface area contributed by atoms with Crippen LogP contribution in [0.2, 0.25) is 0 Å². The number of rotatable bonds is 8. The molecular formula is C21H27F3N6O2. The molecule has 1 heterocycles. The lowest BCUT2D eigenvalue weighted by molar-refractivity contribution is -0.138. The van der Waals surface area contributed by atoms with Gasteiger partial charge in [-0.25, -0.2) is 0 Å². The maximum absolute atomic E-state index is 13.1. The van der Waals surface area contributed by atoms with E-state index in [1.165, 1.54) is 18.2 Å². The molecular weight excluding hydrogens is 425 g/mol. The van der Waals surface area contributed by atoms with Gasteiger partial charge in [0.1, 0.15) is 5.82 Å². The number of hydrogen-bond donors (Lipinski definition) is 4. The first kappa shape index (κ1) is 23.7. The van der Waals surface area contributed by atoms with Gasteiger partial charge in [0.2, 0.25) is 17.8 Å². The monoisotopic (exact) mass is 452 g/mol. The zero-order valence-corrected chi connectivity index (χ0v) is 17.7. The Hall–Kier alpha value is -2.95. The second-order valence-corrected chi connectivity index (χ2v) is 7.75. The Morgan fingerprint density at radius 3 is 2.47 bits per heavy atom. The molecule has 1 aliphatic rings. The smallest absolute Gasteiger partial charge is 0.395 e. The molecule has 0 spiro atoms. The molecule has 0 atom stereocenters. The van der Waals surface area contributed by atoms with E-state index in [-0.39, 0.29) is 36.6 Å². The molecule has 0 bridgehead atoms. The lowest BCUT2D eigenvalue weighted by Gasteiger charge is -2.28. The van der Waals surface area contributed by atoms with Crippen molar-refractivity contribution in [2.75, 3.05) is 23.8 Å². The van der Waals surface area contributed by atoms with Crippen LogP contribution >= 0.6 is 0 Å². The normalized spacial score (nSPS) is 18.8. The van der Waals surface area contributed by atoms with Gasteiger partial charge in [-0.2, -0.15) is 28.1 Å². The molecule has 1 fully saturated rings. The number of aliphatic hydroxyl groups is 1. The molecule has 1 aliphatic carbocycles. The van der Waals surface area contributed by atoms with Gasteiger partial charge in [-0.1, -0.05) is 18.2 Å². The number of alkyl halides is 3. The molecule has 3 rings (SSSR count). The van der Waals surface area contributed by atoms with Gasteiger partial charge in [0.05, 0.1) is 12.2 Å². The van der Waals surface area contributed by atoms with Crippen LogP contribution in [0.3, 0.4) is 0 Å². The third-order valence-electron chi connectivity index (χ3n) is 5.35. The fraction of sp³-hybridized carbons (Fsp3) is 0.524. The van der Waals surface area contributed by atoms with E-state index in [2.05, 4.69) is 30.9 Å². The number of aromatic nitrogens is 3. The van der Waals surface area contributed by atoms with Crippen LogP contribution in [0, 0.1) is 12.8 Å². The van der Waals surface area contributed by atoms with Crippen LogP contribution < -0.4 is 16.0 Å². The predicted molar refractivity (Wildman–Crippen MR) is 113 cm³/mol. The lowest BCUT2D eigenvalue weighted by Crippen LogP contribution is -2.36. The summed E-state index contributed by atoms with van der Waals surface area (Å²) in [5.74, 6) is 0.867. The molecule has 0 radical (unpaired) electrons. The van der Waals surface area contributed by atoms with Gasteiger partial charge in [0.25, 0.3) is 0 Å². The molecule has 1 aromatic heterocycles. The molecule has 2 aromatic rings. The Balaban J connectivity index is 1.50. The van der Waals surface area contributed by atoms with Crippen molar-refractivity contribution in [2.24, 2.45) is 5.92 Å². The van der Waals surface area contributed by atoms with Gasteiger partial charge in [-0.15, -0.1) is 0 Å². The summed E-state index contributed by atoms with van der Waals surface area (Å²) in [5.41, 5.74) is -0.673. The van der Waals surface area contributed by atoms with E-state index in [9.17, 15) is 18.0 Å². The topological polar surface area (TPSA) is 112 Å². The number of carbonyl (C=O) groups excluding carboxylic acids is 1. The summed E-state index contributed by atoms with van der Waals surface area (Å²) in [7, 11) is 0. The van der Waals surface area contributed by atoms with Gasteiger partial charge in [-0.05, 0) is 44.2 Å². The largest absolute Gasteiger partial charge is 0.416 e. The van der Waals surface area contributed by atoms with Crippen molar-refractivity contribution in [3.05, 3.63) is 41.2 Å². The van der Waals surface area contributed by atoms with E-state index in [0.717, 1.165) is 6.07 Å². The highest BCUT2D eigenvalue weighted by Gasteiger charge is 2.33. The number of halogens is 3. The molecule has 0 unspecified atom stereocenters. The minimum Gasteiger partial charge on any atom is -0.395 e. The number of anilines is 2. The second-order valence-electron chi connectivity index (χ2n) is 7.75. The highest BCUT2D eigenvalue weighted by atomic mass is 19.4. The SMILES string of the molecule is Cc1nc(NCCO)nc(N[C@H]2CC[C@@H](C(=O)NCc3ccccc3C(F)(F)F)CC2)n1. The summed E-state index contributed by atoms with van der Waals surface area (Å²) in [4.78, 5) is 25.2. The number of nitrogens with zero attached hydrogens (tertiary/aromatic N) is 3. The van der Waals surface area contributed by atoms with Gasteiger partial charge >= 0.3 is 6.18 Å². The van der Waals surface area contributed by atoms with Gasteiger partial charge in [-0.3, -0.25) is 4.79 Å². The van der Waals surface area contributed by atoms with Crippen molar-refractivity contribution >= 4 is 17.8 Å². The van der Waals surface area contributed by atoms with Crippen molar-refractivity contribution in [3.63, 3.8) is 0 Å². The number of aliphatic hydroxyl groups excluding tert-OH is 1. The maximum Gasteiger partial charge on any atom is 0.416 e. The number of carbonyl (C=O) groups is 1. The van der Waals surface area contributed by atoms with Crippen molar-refractivity contribution in [1.29, 1.82) is 0 Å². The number of amides is 1. The summed E-state index contributed by atoms with van der Waals surface area (Å²) in [5, 5.41) is 17.7. The Bertz CT molecular complexity index is 917. The minimum atomic E-state index is -4.45. The Morgan fingerprint density at radius 2 is 1.78 bits per heavy atom. The van der Waals surface area contributed by atoms with E-state index < -0.39 is 11.7 Å². The van der Waals surface area contributed by atoms with Gasteiger partial charge < -0.3 is 21.1 Å². The van der Waals surface area contributed by atoms with Crippen molar-refractivity contribution in [1.82, 2.24) is 20.3 Å². The van der Waals surface area contributed by atoms with E-state index >= 15 is 0 Å². The average molecular weight is 452 g/mol. The molecule has 1 amide bonds. The summed E-state index contributed by atoms with van der Waals surface area (Å²) in [6, 6.07) is 5.34. The first-order valence-corrected chi connectivity index (χ1v) is 10.5. The van der Waals surface area contributed by atoms with E-state index in [1.807, 2.05) is 0 Å². The molecule has 4 N–H and O–H groups in total. The van der Waals surface area contributed by atoms with Crippen LogP contribution in [0.5, 0.6) is 0 Å². The molecule has 0 aliphatic heterocycles. The zero-order valence-electron chi connectivity index (χ0n) is 17.7. The average Bonchev–Trinajstić information content (AvgIpc) is 2.76. The number of benzene rings is 1. The maximum atomic E-state index is 13.1. The molecule has 1 aromatic carbocycles. The third kappa shape index (κ3) is 6.52. The van der Waals surface area contributed by atoms with Crippen LogP contribution in [-0.4, -0.2) is 45.2 Å². The van der Waals surface area contributed by atoms with E-state index in [1.54, 1.807) is 6.92 Å². The summed E-state index contributed by atoms with van der Waals surface area (Å²) < 4.78 is 39.3. The van der Waals surface area contributed by atoms with E-state index in [0.29, 0.717) is 49.9 Å². The molecule has 174 valence electrons. The minimum absolute atomic E-state index is 0.0403. The van der Waals surface area contributed by atoms with Crippen molar-refractivity contribution < 1.29 is 23.1 Å². The molecule has 0 saturated heterocycles. The highest BCUT2D eigenvalue weighted by molar-refractivity contribution is 5.78.